The summed E-state index contributed by atoms with van der Waals surface area (Å²) in [4.78, 5) is 19.8. The molecular formula is C19H21N3O. The molecule has 4 nitrogen and oxygen atoms in total. The lowest BCUT2D eigenvalue weighted by Gasteiger charge is -2.06. The number of nitrogens with one attached hydrogen (secondary N) is 2. The number of benzene rings is 2. The summed E-state index contributed by atoms with van der Waals surface area (Å²) < 4.78 is 0. The zero-order valence-corrected chi connectivity index (χ0v) is 13.3. The molecule has 0 unspecified atom stereocenters. The fourth-order valence-corrected chi connectivity index (χ4v) is 2.59. The van der Waals surface area contributed by atoms with Gasteiger partial charge in [-0.15, -0.1) is 0 Å². The van der Waals surface area contributed by atoms with Gasteiger partial charge < -0.3 is 10.3 Å². The standard InChI is InChI=1S/C19H21N3O/c1-2-3-4-12-18(23)20-15-9-7-8-14(13-15)19-21-16-10-5-6-11-17(16)22-19/h5-11,13H,2-4,12H2,1H3,(H,20,23)(H,21,22). The van der Waals surface area contributed by atoms with Gasteiger partial charge in [0.05, 0.1) is 11.0 Å². The number of unbranched alkanes of at least 4 members (excludes halogenated alkanes) is 2. The second-order valence-electron chi connectivity index (χ2n) is 5.69. The number of carbonyl (C=O) groups is 1. The SMILES string of the molecule is CCCCCC(=O)Nc1cccc(-c2nc3ccccc3[nH]2)c1. The van der Waals surface area contributed by atoms with Crippen molar-refractivity contribution < 1.29 is 4.79 Å². The van der Waals surface area contributed by atoms with E-state index < -0.39 is 0 Å². The van der Waals surface area contributed by atoms with Crippen molar-refractivity contribution in [3.63, 3.8) is 0 Å². The van der Waals surface area contributed by atoms with Crippen LogP contribution in [0.15, 0.2) is 48.5 Å². The molecule has 1 aromatic heterocycles. The average Bonchev–Trinajstić information content (AvgIpc) is 2.99. The molecule has 0 aliphatic rings. The molecule has 0 atom stereocenters. The first-order chi connectivity index (χ1) is 11.3. The number of hydrogen-bond donors (Lipinski definition) is 2. The van der Waals surface area contributed by atoms with Gasteiger partial charge in [0.25, 0.3) is 0 Å². The van der Waals surface area contributed by atoms with Crippen LogP contribution in [0.1, 0.15) is 32.6 Å². The molecule has 2 aromatic carbocycles. The predicted octanol–water partition coefficient (Wildman–Crippen LogP) is 4.75. The van der Waals surface area contributed by atoms with E-state index in [9.17, 15) is 4.79 Å². The average molecular weight is 307 g/mol. The third kappa shape index (κ3) is 3.77. The maximum Gasteiger partial charge on any atom is 0.224 e. The minimum absolute atomic E-state index is 0.0696. The number of fused-ring (bicyclic) bond motifs is 1. The highest BCUT2D eigenvalue weighted by Crippen LogP contribution is 2.23. The summed E-state index contributed by atoms with van der Waals surface area (Å²) in [5.74, 6) is 0.883. The number of para-hydroxylation sites is 2. The summed E-state index contributed by atoms with van der Waals surface area (Å²) in [7, 11) is 0. The van der Waals surface area contributed by atoms with Crippen molar-refractivity contribution in [1.29, 1.82) is 0 Å². The van der Waals surface area contributed by atoms with Crippen molar-refractivity contribution in [2.75, 3.05) is 5.32 Å². The number of hydrogen-bond acceptors (Lipinski definition) is 2. The predicted molar refractivity (Wildman–Crippen MR) is 94.3 cm³/mol. The van der Waals surface area contributed by atoms with Crippen LogP contribution >= 0.6 is 0 Å². The molecule has 0 radical (unpaired) electrons. The van der Waals surface area contributed by atoms with Crippen LogP contribution in [-0.2, 0) is 4.79 Å². The minimum atomic E-state index is 0.0696. The molecule has 3 rings (SSSR count). The van der Waals surface area contributed by atoms with Crippen LogP contribution in [0.5, 0.6) is 0 Å². The second kappa shape index (κ2) is 7.09. The van der Waals surface area contributed by atoms with Gasteiger partial charge in [0.15, 0.2) is 0 Å². The van der Waals surface area contributed by atoms with Crippen LogP contribution in [0.25, 0.3) is 22.4 Å². The van der Waals surface area contributed by atoms with Gasteiger partial charge in [-0.3, -0.25) is 4.79 Å². The van der Waals surface area contributed by atoms with Crippen molar-refractivity contribution in [1.82, 2.24) is 9.97 Å². The fraction of sp³-hybridized carbons (Fsp3) is 0.263. The zero-order chi connectivity index (χ0) is 16.1. The highest BCUT2D eigenvalue weighted by atomic mass is 16.1. The summed E-state index contributed by atoms with van der Waals surface area (Å²) in [6.45, 7) is 2.13. The van der Waals surface area contributed by atoms with Crippen LogP contribution in [0.3, 0.4) is 0 Å². The van der Waals surface area contributed by atoms with E-state index in [-0.39, 0.29) is 5.91 Å². The van der Waals surface area contributed by atoms with Crippen molar-refractivity contribution in [3.05, 3.63) is 48.5 Å². The van der Waals surface area contributed by atoms with Gasteiger partial charge in [-0.25, -0.2) is 4.98 Å². The molecule has 0 saturated heterocycles. The van der Waals surface area contributed by atoms with Crippen molar-refractivity contribution in [2.24, 2.45) is 0 Å². The second-order valence-corrected chi connectivity index (χ2v) is 5.69. The van der Waals surface area contributed by atoms with E-state index >= 15 is 0 Å². The van der Waals surface area contributed by atoms with E-state index in [0.29, 0.717) is 6.42 Å². The fourth-order valence-electron chi connectivity index (χ4n) is 2.59. The Kier molecular flexibility index (Phi) is 4.71. The summed E-state index contributed by atoms with van der Waals surface area (Å²) in [6.07, 6.45) is 3.72. The molecular weight excluding hydrogens is 286 g/mol. The third-order valence-corrected chi connectivity index (χ3v) is 3.82. The van der Waals surface area contributed by atoms with Crippen LogP contribution in [-0.4, -0.2) is 15.9 Å². The lowest BCUT2D eigenvalue weighted by atomic mass is 10.1. The highest BCUT2D eigenvalue weighted by molar-refractivity contribution is 5.91. The van der Waals surface area contributed by atoms with E-state index in [2.05, 4.69) is 22.2 Å². The number of anilines is 1. The molecule has 0 fully saturated rings. The molecule has 0 saturated carbocycles. The quantitative estimate of drug-likeness (QED) is 0.646. The molecule has 2 N–H and O–H groups in total. The monoisotopic (exact) mass is 307 g/mol. The van der Waals surface area contributed by atoms with Gasteiger partial charge in [-0.05, 0) is 30.7 Å². The van der Waals surface area contributed by atoms with E-state index in [0.717, 1.165) is 47.4 Å². The Morgan fingerprint density at radius 3 is 2.83 bits per heavy atom. The van der Waals surface area contributed by atoms with Crippen LogP contribution in [0.2, 0.25) is 0 Å². The normalized spacial score (nSPS) is 10.8. The van der Waals surface area contributed by atoms with Crippen LogP contribution in [0.4, 0.5) is 5.69 Å². The number of nitrogens with zero attached hydrogens (tertiary/aromatic N) is 1. The Morgan fingerprint density at radius 2 is 2.00 bits per heavy atom. The highest BCUT2D eigenvalue weighted by Gasteiger charge is 2.07. The van der Waals surface area contributed by atoms with Crippen LogP contribution in [0, 0.1) is 0 Å². The largest absolute Gasteiger partial charge is 0.338 e. The molecule has 0 aliphatic carbocycles. The minimum Gasteiger partial charge on any atom is -0.338 e. The topological polar surface area (TPSA) is 57.8 Å². The Morgan fingerprint density at radius 1 is 1.13 bits per heavy atom. The smallest absolute Gasteiger partial charge is 0.224 e. The number of aromatic amines is 1. The Bertz CT molecular complexity index is 774. The lowest BCUT2D eigenvalue weighted by molar-refractivity contribution is -0.116. The molecule has 4 heteroatoms. The molecule has 3 aromatic rings. The molecule has 118 valence electrons. The van der Waals surface area contributed by atoms with E-state index in [4.69, 9.17) is 0 Å². The lowest BCUT2D eigenvalue weighted by Crippen LogP contribution is -2.10. The molecule has 0 aliphatic heterocycles. The Labute approximate surface area is 136 Å². The first-order valence-electron chi connectivity index (χ1n) is 8.11. The van der Waals surface area contributed by atoms with Gasteiger partial charge in [-0.1, -0.05) is 44.0 Å². The van der Waals surface area contributed by atoms with E-state index in [1.165, 1.54) is 0 Å². The number of imidazole rings is 1. The van der Waals surface area contributed by atoms with Crippen molar-refractivity contribution in [2.45, 2.75) is 32.6 Å². The van der Waals surface area contributed by atoms with Gasteiger partial charge in [-0.2, -0.15) is 0 Å². The van der Waals surface area contributed by atoms with Gasteiger partial charge in [0, 0.05) is 17.7 Å². The first-order valence-corrected chi connectivity index (χ1v) is 8.11. The van der Waals surface area contributed by atoms with E-state index in [1.54, 1.807) is 0 Å². The zero-order valence-electron chi connectivity index (χ0n) is 13.3. The number of rotatable bonds is 6. The molecule has 23 heavy (non-hydrogen) atoms. The summed E-state index contributed by atoms with van der Waals surface area (Å²) >= 11 is 0. The molecule has 1 amide bonds. The van der Waals surface area contributed by atoms with Crippen molar-refractivity contribution >= 4 is 22.6 Å². The summed E-state index contributed by atoms with van der Waals surface area (Å²) in [5, 5.41) is 2.96. The summed E-state index contributed by atoms with van der Waals surface area (Å²) in [6, 6.07) is 15.7. The Balaban J connectivity index is 1.75. The molecule has 0 bridgehead atoms. The number of H-pyrrole nitrogens is 1. The van der Waals surface area contributed by atoms with Crippen molar-refractivity contribution in [3.8, 4) is 11.4 Å². The van der Waals surface area contributed by atoms with E-state index in [1.807, 2.05) is 48.5 Å². The number of aromatic nitrogens is 2. The van der Waals surface area contributed by atoms with Gasteiger partial charge >= 0.3 is 0 Å². The third-order valence-electron chi connectivity index (χ3n) is 3.82. The maximum absolute atomic E-state index is 11.9. The maximum atomic E-state index is 11.9. The Hall–Kier alpha value is -2.62. The summed E-state index contributed by atoms with van der Waals surface area (Å²) in [5.41, 5.74) is 3.73. The van der Waals surface area contributed by atoms with Gasteiger partial charge in [0.1, 0.15) is 5.82 Å². The molecule has 0 spiro atoms. The number of carbonyl (C=O) groups excluding carboxylic acids is 1. The first kappa shape index (κ1) is 15.3. The molecule has 1 heterocycles. The number of amides is 1. The van der Waals surface area contributed by atoms with Gasteiger partial charge in [0.2, 0.25) is 5.91 Å². The van der Waals surface area contributed by atoms with Crippen LogP contribution < -0.4 is 5.32 Å².